The molecule has 0 spiro atoms. The molecule has 0 N–H and O–H groups in total. The summed E-state index contributed by atoms with van der Waals surface area (Å²) in [5, 5.41) is 0. The van der Waals surface area contributed by atoms with E-state index in [9.17, 15) is 9.59 Å². The van der Waals surface area contributed by atoms with Gasteiger partial charge in [-0.25, -0.2) is 9.59 Å². The van der Waals surface area contributed by atoms with Gasteiger partial charge in [-0.2, -0.15) is 0 Å². The first-order valence-electron chi connectivity index (χ1n) is 7.61. The molecule has 0 aromatic rings. The number of hydrogen-bond donors (Lipinski definition) is 0. The Balaban J connectivity index is 1.86. The Kier molecular flexibility index (Phi) is 2.94. The molecule has 3 heterocycles. The van der Waals surface area contributed by atoms with Crippen molar-refractivity contribution in [2.24, 2.45) is 0 Å². The van der Waals surface area contributed by atoms with Crippen molar-refractivity contribution in [1.29, 1.82) is 0 Å². The number of ether oxygens (including phenoxy) is 2. The molecular weight excluding hydrogens is 272 g/mol. The molecule has 2 amide bonds. The van der Waals surface area contributed by atoms with E-state index in [1.54, 1.807) is 4.90 Å². The highest BCUT2D eigenvalue weighted by atomic mass is 16.6. The first-order chi connectivity index (χ1) is 9.60. The number of cyclic esters (lactones) is 1. The summed E-state index contributed by atoms with van der Waals surface area (Å²) in [5.74, 6) is 0. The van der Waals surface area contributed by atoms with Crippen LogP contribution in [0.15, 0.2) is 0 Å². The van der Waals surface area contributed by atoms with Crippen molar-refractivity contribution in [1.82, 2.24) is 9.80 Å². The van der Waals surface area contributed by atoms with Crippen LogP contribution in [-0.2, 0) is 9.47 Å². The molecule has 118 valence electrons. The predicted molar refractivity (Wildman–Crippen MR) is 75.9 cm³/mol. The number of carbonyl (C=O) groups is 2. The predicted octanol–water partition coefficient (Wildman–Crippen LogP) is 2.37. The van der Waals surface area contributed by atoms with Gasteiger partial charge in [-0.05, 0) is 47.5 Å². The van der Waals surface area contributed by atoms with Crippen molar-refractivity contribution in [2.45, 2.75) is 76.8 Å². The lowest BCUT2D eigenvalue weighted by Crippen LogP contribution is -2.64. The highest BCUT2D eigenvalue weighted by Crippen LogP contribution is 2.43. The van der Waals surface area contributed by atoms with Crippen molar-refractivity contribution < 1.29 is 19.1 Å². The number of nitrogens with zero attached hydrogens (tertiary/aromatic N) is 2. The molecule has 3 aliphatic heterocycles. The van der Waals surface area contributed by atoms with Crippen LogP contribution in [0.4, 0.5) is 9.59 Å². The van der Waals surface area contributed by atoms with Gasteiger partial charge >= 0.3 is 12.2 Å². The van der Waals surface area contributed by atoms with E-state index in [0.717, 1.165) is 12.8 Å². The van der Waals surface area contributed by atoms with E-state index in [1.165, 1.54) is 0 Å². The molecule has 0 radical (unpaired) electrons. The SMILES string of the molecule is CC(C)(C)OC(=O)N1[C@H]2CC[C@@H]1C1N(C2)C(=O)OC1(C)C. The zero-order valence-corrected chi connectivity index (χ0v) is 13.4. The summed E-state index contributed by atoms with van der Waals surface area (Å²) in [4.78, 5) is 28.2. The quantitative estimate of drug-likeness (QED) is 0.688. The van der Waals surface area contributed by atoms with E-state index in [4.69, 9.17) is 9.47 Å². The van der Waals surface area contributed by atoms with E-state index in [2.05, 4.69) is 0 Å². The minimum atomic E-state index is -0.572. The zero-order valence-electron chi connectivity index (χ0n) is 13.4. The molecule has 0 aromatic heterocycles. The molecule has 0 saturated carbocycles. The van der Waals surface area contributed by atoms with Gasteiger partial charge in [-0.1, -0.05) is 0 Å². The molecule has 1 unspecified atom stereocenters. The topological polar surface area (TPSA) is 59.1 Å². The molecule has 6 nitrogen and oxygen atoms in total. The Morgan fingerprint density at radius 1 is 1.33 bits per heavy atom. The van der Waals surface area contributed by atoms with Gasteiger partial charge in [0.2, 0.25) is 0 Å². The molecule has 3 atom stereocenters. The van der Waals surface area contributed by atoms with E-state index in [-0.39, 0.29) is 30.3 Å². The van der Waals surface area contributed by atoms with Crippen LogP contribution in [0.2, 0.25) is 0 Å². The third-order valence-electron chi connectivity index (χ3n) is 4.56. The summed E-state index contributed by atoms with van der Waals surface area (Å²) in [6, 6.07) is -0.0566. The highest BCUT2D eigenvalue weighted by molar-refractivity contribution is 5.75. The van der Waals surface area contributed by atoms with E-state index in [1.807, 2.05) is 39.5 Å². The fraction of sp³-hybridized carbons (Fsp3) is 0.867. The van der Waals surface area contributed by atoms with Crippen molar-refractivity contribution in [2.75, 3.05) is 6.54 Å². The fourth-order valence-corrected chi connectivity index (χ4v) is 3.92. The number of hydrogen-bond acceptors (Lipinski definition) is 4. The fourth-order valence-electron chi connectivity index (χ4n) is 3.92. The molecule has 3 rings (SSSR count). The minimum Gasteiger partial charge on any atom is -0.444 e. The number of piperazine rings is 1. The average molecular weight is 296 g/mol. The third-order valence-corrected chi connectivity index (χ3v) is 4.56. The van der Waals surface area contributed by atoms with Crippen LogP contribution in [0, 0.1) is 0 Å². The summed E-state index contributed by atoms with van der Waals surface area (Å²) < 4.78 is 11.0. The number of rotatable bonds is 0. The van der Waals surface area contributed by atoms with Crippen LogP contribution in [-0.4, -0.2) is 57.9 Å². The second-order valence-corrected chi connectivity index (χ2v) is 7.75. The number of amides is 2. The van der Waals surface area contributed by atoms with Gasteiger partial charge in [0.25, 0.3) is 0 Å². The van der Waals surface area contributed by atoms with Crippen molar-refractivity contribution in [3.63, 3.8) is 0 Å². The van der Waals surface area contributed by atoms with Crippen LogP contribution in [0.25, 0.3) is 0 Å². The van der Waals surface area contributed by atoms with Crippen LogP contribution in [0.5, 0.6) is 0 Å². The van der Waals surface area contributed by atoms with E-state index < -0.39 is 11.2 Å². The molecule has 21 heavy (non-hydrogen) atoms. The normalized spacial score (nSPS) is 33.8. The highest BCUT2D eigenvalue weighted by Gasteiger charge is 2.60. The Morgan fingerprint density at radius 3 is 2.62 bits per heavy atom. The second-order valence-electron chi connectivity index (χ2n) is 7.75. The summed E-state index contributed by atoms with van der Waals surface area (Å²) in [6.45, 7) is 9.99. The van der Waals surface area contributed by atoms with Crippen LogP contribution < -0.4 is 0 Å². The summed E-state index contributed by atoms with van der Waals surface area (Å²) >= 11 is 0. The largest absolute Gasteiger partial charge is 0.444 e. The molecule has 0 aliphatic carbocycles. The average Bonchev–Trinajstić information content (AvgIpc) is 2.70. The van der Waals surface area contributed by atoms with E-state index >= 15 is 0 Å². The molecule has 3 aliphatic rings. The van der Waals surface area contributed by atoms with Crippen LogP contribution >= 0.6 is 0 Å². The standard InChI is InChI=1S/C15H24N2O4/c1-14(2,3)20-13(19)17-9-6-7-10(17)11-15(4,5)21-12(18)16(11)8-9/h9-11H,6-8H2,1-5H3/t9-,10+,11?/m0/s1. The summed E-state index contributed by atoms with van der Waals surface area (Å²) in [5.41, 5.74) is -1.08. The van der Waals surface area contributed by atoms with Gasteiger partial charge in [0.05, 0.1) is 18.1 Å². The van der Waals surface area contributed by atoms with Gasteiger partial charge in [0.15, 0.2) is 0 Å². The molecule has 3 saturated heterocycles. The molecular formula is C15H24N2O4. The van der Waals surface area contributed by atoms with Crippen LogP contribution in [0.3, 0.4) is 0 Å². The van der Waals surface area contributed by atoms with Gasteiger partial charge in [-0.15, -0.1) is 0 Å². The van der Waals surface area contributed by atoms with E-state index in [0.29, 0.717) is 6.54 Å². The van der Waals surface area contributed by atoms with Crippen molar-refractivity contribution >= 4 is 12.2 Å². The minimum absolute atomic E-state index is 0.0138. The lowest BCUT2D eigenvalue weighted by atomic mass is 9.90. The summed E-state index contributed by atoms with van der Waals surface area (Å²) in [7, 11) is 0. The number of fused-ring (bicyclic) bond motifs is 4. The number of carbonyl (C=O) groups excluding carboxylic acids is 2. The molecule has 2 bridgehead atoms. The van der Waals surface area contributed by atoms with Gasteiger partial charge in [0.1, 0.15) is 11.2 Å². The third kappa shape index (κ3) is 2.24. The maximum Gasteiger partial charge on any atom is 0.410 e. The lowest BCUT2D eigenvalue weighted by molar-refractivity contribution is -0.0232. The van der Waals surface area contributed by atoms with Crippen molar-refractivity contribution in [3.05, 3.63) is 0 Å². The Morgan fingerprint density at radius 2 is 2.00 bits per heavy atom. The van der Waals surface area contributed by atoms with Crippen LogP contribution in [0.1, 0.15) is 47.5 Å². The smallest absolute Gasteiger partial charge is 0.410 e. The first kappa shape index (κ1) is 14.5. The monoisotopic (exact) mass is 296 g/mol. The molecule has 0 aromatic carbocycles. The van der Waals surface area contributed by atoms with Gasteiger partial charge in [0, 0.05) is 6.54 Å². The maximum absolute atomic E-state index is 12.5. The summed E-state index contributed by atoms with van der Waals surface area (Å²) in [6.07, 6.45) is 1.28. The first-order valence-corrected chi connectivity index (χ1v) is 7.61. The Labute approximate surface area is 125 Å². The second kappa shape index (κ2) is 4.27. The Bertz CT molecular complexity index is 483. The molecule has 6 heteroatoms. The lowest BCUT2D eigenvalue weighted by Gasteiger charge is -2.45. The van der Waals surface area contributed by atoms with Crippen molar-refractivity contribution in [3.8, 4) is 0 Å². The Hall–Kier alpha value is -1.46. The van der Waals surface area contributed by atoms with Gasteiger partial charge < -0.3 is 9.47 Å². The van der Waals surface area contributed by atoms with Gasteiger partial charge in [-0.3, -0.25) is 9.80 Å². The zero-order chi connectivity index (χ0) is 15.6. The maximum atomic E-state index is 12.5. The molecule has 3 fully saturated rings.